The summed E-state index contributed by atoms with van der Waals surface area (Å²) in [5.74, 6) is 0.749. The molecule has 0 saturated carbocycles. The number of piperazine rings is 1. The molecule has 1 atom stereocenters. The molecule has 0 aliphatic carbocycles. The van der Waals surface area contributed by atoms with Crippen molar-refractivity contribution in [2.75, 3.05) is 24.5 Å². The number of nitriles is 1. The molecule has 1 unspecified atom stereocenters. The molecule has 8 heteroatoms. The number of nitrogens with zero attached hydrogens (tertiary/aromatic N) is 6. The molecular weight excluding hydrogens is 324 g/mol. The third-order valence-corrected chi connectivity index (χ3v) is 4.91. The van der Waals surface area contributed by atoms with Crippen LogP contribution < -0.4 is 4.90 Å². The van der Waals surface area contributed by atoms with Crippen LogP contribution in [0.25, 0.3) is 0 Å². The number of hydrogen-bond acceptors (Lipinski definition) is 7. The Labute approximate surface area is 144 Å². The lowest BCUT2D eigenvalue weighted by Crippen LogP contribution is -2.54. The highest BCUT2D eigenvalue weighted by Crippen LogP contribution is 2.20. The lowest BCUT2D eigenvalue weighted by atomic mass is 10.1. The zero-order chi connectivity index (χ0) is 16.9. The Morgan fingerprint density at radius 1 is 1.33 bits per heavy atom. The molecule has 1 aliphatic heterocycles. The van der Waals surface area contributed by atoms with Crippen molar-refractivity contribution in [2.45, 2.75) is 25.8 Å². The molecule has 1 fully saturated rings. The highest BCUT2D eigenvalue weighted by Gasteiger charge is 2.29. The first-order valence-corrected chi connectivity index (χ1v) is 8.71. The first-order valence-electron chi connectivity index (χ1n) is 7.83. The molecular formula is C16H18N6OS. The number of rotatable bonds is 4. The standard InChI is InChI=1S/C16H18N6OS/c1-12-11-21(16-13(10-17)18-4-5-20-16)7-8-22(12)15(23)3-2-14-19-6-9-24-14/h4-6,9,12H,2-3,7-8,11H2,1H3. The summed E-state index contributed by atoms with van der Waals surface area (Å²) in [4.78, 5) is 29.0. The fourth-order valence-electron chi connectivity index (χ4n) is 2.90. The highest BCUT2D eigenvalue weighted by molar-refractivity contribution is 7.09. The Morgan fingerprint density at radius 2 is 2.17 bits per heavy atom. The summed E-state index contributed by atoms with van der Waals surface area (Å²) in [7, 11) is 0. The molecule has 0 aromatic carbocycles. The van der Waals surface area contributed by atoms with E-state index in [9.17, 15) is 4.79 Å². The second-order valence-electron chi connectivity index (χ2n) is 5.65. The largest absolute Gasteiger partial charge is 0.350 e. The Balaban J connectivity index is 1.61. The number of carbonyl (C=O) groups is 1. The van der Waals surface area contributed by atoms with Gasteiger partial charge in [-0.25, -0.2) is 15.0 Å². The van der Waals surface area contributed by atoms with Crippen LogP contribution in [0.4, 0.5) is 5.82 Å². The molecule has 0 N–H and O–H groups in total. The van der Waals surface area contributed by atoms with Crippen molar-refractivity contribution in [1.29, 1.82) is 5.26 Å². The molecule has 2 aromatic heterocycles. The van der Waals surface area contributed by atoms with E-state index in [4.69, 9.17) is 5.26 Å². The fraction of sp³-hybridized carbons (Fsp3) is 0.438. The van der Waals surface area contributed by atoms with Gasteiger partial charge in [0.25, 0.3) is 0 Å². The molecule has 0 bridgehead atoms. The number of carbonyl (C=O) groups excluding carboxylic acids is 1. The number of anilines is 1. The van der Waals surface area contributed by atoms with Gasteiger partial charge >= 0.3 is 0 Å². The van der Waals surface area contributed by atoms with Gasteiger partial charge in [-0.15, -0.1) is 11.3 Å². The topological polar surface area (TPSA) is 86.0 Å². The molecule has 3 rings (SSSR count). The number of thiazole rings is 1. The third kappa shape index (κ3) is 3.51. The van der Waals surface area contributed by atoms with E-state index >= 15 is 0 Å². The van der Waals surface area contributed by atoms with Gasteiger partial charge in [0.15, 0.2) is 11.5 Å². The number of aromatic nitrogens is 3. The van der Waals surface area contributed by atoms with Crippen molar-refractivity contribution in [1.82, 2.24) is 19.9 Å². The van der Waals surface area contributed by atoms with Crippen LogP contribution in [0.3, 0.4) is 0 Å². The van der Waals surface area contributed by atoms with E-state index in [1.807, 2.05) is 22.1 Å². The van der Waals surface area contributed by atoms with Gasteiger partial charge in [0, 0.05) is 62.5 Å². The summed E-state index contributed by atoms with van der Waals surface area (Å²) in [5, 5.41) is 12.1. The van der Waals surface area contributed by atoms with Crippen LogP contribution in [0.5, 0.6) is 0 Å². The van der Waals surface area contributed by atoms with E-state index in [0.717, 1.165) is 5.01 Å². The van der Waals surface area contributed by atoms with Crippen molar-refractivity contribution in [3.05, 3.63) is 34.7 Å². The van der Waals surface area contributed by atoms with E-state index in [-0.39, 0.29) is 11.9 Å². The maximum atomic E-state index is 12.5. The Morgan fingerprint density at radius 3 is 2.88 bits per heavy atom. The SMILES string of the molecule is CC1CN(c2nccnc2C#N)CCN1C(=O)CCc1nccs1. The molecule has 124 valence electrons. The molecule has 0 spiro atoms. The second-order valence-corrected chi connectivity index (χ2v) is 6.63. The van der Waals surface area contributed by atoms with Crippen molar-refractivity contribution >= 4 is 23.1 Å². The van der Waals surface area contributed by atoms with Gasteiger partial charge in [0.05, 0.1) is 5.01 Å². The van der Waals surface area contributed by atoms with Gasteiger partial charge in [0.1, 0.15) is 6.07 Å². The molecule has 0 radical (unpaired) electrons. The van der Waals surface area contributed by atoms with Crippen LogP contribution in [0.1, 0.15) is 24.0 Å². The maximum Gasteiger partial charge on any atom is 0.223 e. The van der Waals surface area contributed by atoms with Gasteiger partial charge in [-0.2, -0.15) is 5.26 Å². The van der Waals surface area contributed by atoms with Crippen LogP contribution in [-0.4, -0.2) is 51.4 Å². The molecule has 24 heavy (non-hydrogen) atoms. The van der Waals surface area contributed by atoms with Crippen LogP contribution in [-0.2, 0) is 11.2 Å². The maximum absolute atomic E-state index is 12.5. The number of aryl methyl sites for hydroxylation is 1. The van der Waals surface area contributed by atoms with Gasteiger partial charge in [-0.1, -0.05) is 0 Å². The van der Waals surface area contributed by atoms with E-state index in [2.05, 4.69) is 21.0 Å². The van der Waals surface area contributed by atoms with E-state index < -0.39 is 0 Å². The molecule has 7 nitrogen and oxygen atoms in total. The predicted octanol–water partition coefficient (Wildman–Crippen LogP) is 1.47. The molecule has 1 aliphatic rings. The zero-order valence-corrected chi connectivity index (χ0v) is 14.2. The lowest BCUT2D eigenvalue weighted by molar-refractivity contribution is -0.133. The highest BCUT2D eigenvalue weighted by atomic mass is 32.1. The fourth-order valence-corrected chi connectivity index (χ4v) is 3.52. The third-order valence-electron chi connectivity index (χ3n) is 4.07. The molecule has 1 saturated heterocycles. The molecule has 1 amide bonds. The minimum atomic E-state index is 0.0658. The van der Waals surface area contributed by atoms with Crippen molar-refractivity contribution in [3.8, 4) is 6.07 Å². The van der Waals surface area contributed by atoms with E-state index in [1.54, 1.807) is 23.7 Å². The summed E-state index contributed by atoms with van der Waals surface area (Å²) < 4.78 is 0. The smallest absolute Gasteiger partial charge is 0.223 e. The Kier molecular flexibility index (Phi) is 5.01. The first-order chi connectivity index (χ1) is 11.7. The molecule has 3 heterocycles. The Hall–Kier alpha value is -2.53. The Bertz CT molecular complexity index is 741. The predicted molar refractivity (Wildman–Crippen MR) is 90.6 cm³/mol. The molecule has 2 aromatic rings. The lowest BCUT2D eigenvalue weighted by Gasteiger charge is -2.40. The normalized spacial score (nSPS) is 17.6. The van der Waals surface area contributed by atoms with Crippen molar-refractivity contribution in [2.24, 2.45) is 0 Å². The summed E-state index contributed by atoms with van der Waals surface area (Å²) in [6, 6.07) is 2.14. The monoisotopic (exact) mass is 342 g/mol. The minimum absolute atomic E-state index is 0.0658. The van der Waals surface area contributed by atoms with Gasteiger partial charge < -0.3 is 9.80 Å². The van der Waals surface area contributed by atoms with Crippen molar-refractivity contribution in [3.63, 3.8) is 0 Å². The second kappa shape index (κ2) is 7.36. The van der Waals surface area contributed by atoms with Gasteiger partial charge in [-0.3, -0.25) is 4.79 Å². The summed E-state index contributed by atoms with van der Waals surface area (Å²) in [6.07, 6.45) is 6.04. The first kappa shape index (κ1) is 16.3. The average Bonchev–Trinajstić information content (AvgIpc) is 3.13. The van der Waals surface area contributed by atoms with E-state index in [1.165, 1.54) is 6.20 Å². The van der Waals surface area contributed by atoms with Crippen LogP contribution >= 0.6 is 11.3 Å². The van der Waals surface area contributed by atoms with E-state index in [0.29, 0.717) is 44.0 Å². The zero-order valence-electron chi connectivity index (χ0n) is 13.4. The van der Waals surface area contributed by atoms with Crippen LogP contribution in [0, 0.1) is 11.3 Å². The minimum Gasteiger partial charge on any atom is -0.350 e. The number of hydrogen-bond donors (Lipinski definition) is 0. The summed E-state index contributed by atoms with van der Waals surface area (Å²) in [5.41, 5.74) is 0.327. The summed E-state index contributed by atoms with van der Waals surface area (Å²) >= 11 is 1.58. The van der Waals surface area contributed by atoms with Crippen LogP contribution in [0.15, 0.2) is 24.0 Å². The summed E-state index contributed by atoms with van der Waals surface area (Å²) in [6.45, 7) is 3.95. The number of amides is 1. The van der Waals surface area contributed by atoms with Crippen LogP contribution in [0.2, 0.25) is 0 Å². The average molecular weight is 342 g/mol. The van der Waals surface area contributed by atoms with Crippen molar-refractivity contribution < 1.29 is 4.79 Å². The van der Waals surface area contributed by atoms with Gasteiger partial charge in [-0.05, 0) is 6.92 Å². The van der Waals surface area contributed by atoms with Gasteiger partial charge in [0.2, 0.25) is 5.91 Å². The quantitative estimate of drug-likeness (QED) is 0.836.